The molecule has 3 nitrogen and oxygen atoms in total. The van der Waals surface area contributed by atoms with Crippen LogP contribution in [0.4, 0.5) is 13.2 Å². The fourth-order valence-corrected chi connectivity index (χ4v) is 2.75. The van der Waals surface area contributed by atoms with Gasteiger partial charge in [0.15, 0.2) is 17.5 Å². The number of amides is 1. The monoisotopic (exact) mass is 335 g/mol. The molecule has 1 heterocycles. The van der Waals surface area contributed by atoms with Crippen molar-refractivity contribution in [3.05, 3.63) is 71.0 Å². The fourth-order valence-electron chi connectivity index (χ4n) is 2.75. The number of carbonyl (C=O) groups excluding carboxylic acids is 1. The Labute approximate surface area is 137 Å². The number of hydrogen-bond acceptors (Lipinski definition) is 2. The van der Waals surface area contributed by atoms with E-state index in [-0.39, 0.29) is 25.3 Å². The van der Waals surface area contributed by atoms with Crippen molar-refractivity contribution in [2.24, 2.45) is 0 Å². The van der Waals surface area contributed by atoms with Gasteiger partial charge in [0.05, 0.1) is 24.8 Å². The summed E-state index contributed by atoms with van der Waals surface area (Å²) in [6.07, 6.45) is -0.347. The maximum Gasteiger partial charge on any atom is 0.257 e. The first kappa shape index (κ1) is 16.5. The minimum absolute atomic E-state index is 0.211. The lowest BCUT2D eigenvalue weighted by Crippen LogP contribution is -2.48. The molecule has 3 rings (SSSR count). The van der Waals surface area contributed by atoms with Crippen molar-refractivity contribution in [2.75, 3.05) is 13.2 Å². The second kappa shape index (κ2) is 6.65. The molecule has 0 radical (unpaired) electrons. The van der Waals surface area contributed by atoms with Crippen LogP contribution in [0.5, 0.6) is 0 Å². The van der Waals surface area contributed by atoms with Crippen LogP contribution in [0.1, 0.15) is 28.9 Å². The molecule has 0 bridgehead atoms. The lowest BCUT2D eigenvalue weighted by Gasteiger charge is -2.38. The minimum atomic E-state index is -1.64. The van der Waals surface area contributed by atoms with Gasteiger partial charge in [-0.1, -0.05) is 30.3 Å². The van der Waals surface area contributed by atoms with Gasteiger partial charge in [-0.25, -0.2) is 13.2 Å². The van der Waals surface area contributed by atoms with Crippen LogP contribution in [0.3, 0.4) is 0 Å². The molecular weight excluding hydrogens is 319 g/mol. The standard InChI is InChI=1S/C18H16F3NO2/c1-11-10-24-15(12-5-3-2-4-6-12)9-22(11)18(23)13-7-8-14(19)17(21)16(13)20/h2-8,11,15H,9-10H2,1H3. The Hall–Kier alpha value is -2.34. The van der Waals surface area contributed by atoms with Crippen molar-refractivity contribution in [3.8, 4) is 0 Å². The van der Waals surface area contributed by atoms with E-state index < -0.39 is 28.9 Å². The molecule has 2 aromatic rings. The number of nitrogens with zero attached hydrogens (tertiary/aromatic N) is 1. The predicted octanol–water partition coefficient (Wildman–Crippen LogP) is 3.71. The molecule has 0 saturated carbocycles. The van der Waals surface area contributed by atoms with E-state index >= 15 is 0 Å². The van der Waals surface area contributed by atoms with E-state index in [0.29, 0.717) is 0 Å². The van der Waals surface area contributed by atoms with Crippen LogP contribution >= 0.6 is 0 Å². The smallest absolute Gasteiger partial charge is 0.257 e. The highest BCUT2D eigenvalue weighted by molar-refractivity contribution is 5.94. The molecule has 1 fully saturated rings. The number of benzene rings is 2. The average Bonchev–Trinajstić information content (AvgIpc) is 2.60. The zero-order chi connectivity index (χ0) is 17.3. The van der Waals surface area contributed by atoms with E-state index in [0.717, 1.165) is 17.7 Å². The molecule has 0 aliphatic carbocycles. The lowest BCUT2D eigenvalue weighted by atomic mass is 10.0. The Kier molecular flexibility index (Phi) is 4.57. The van der Waals surface area contributed by atoms with Gasteiger partial charge in [-0.3, -0.25) is 4.79 Å². The normalized spacial score (nSPS) is 20.9. The SMILES string of the molecule is CC1COC(c2ccccc2)CN1C(=O)c1ccc(F)c(F)c1F. The fraction of sp³-hybridized carbons (Fsp3) is 0.278. The van der Waals surface area contributed by atoms with Crippen molar-refractivity contribution < 1.29 is 22.7 Å². The van der Waals surface area contributed by atoms with Crippen molar-refractivity contribution in [2.45, 2.75) is 19.1 Å². The third kappa shape index (κ3) is 3.01. The lowest BCUT2D eigenvalue weighted by molar-refractivity contribution is -0.0488. The Balaban J connectivity index is 1.87. The van der Waals surface area contributed by atoms with Crippen molar-refractivity contribution in [1.29, 1.82) is 0 Å². The Morgan fingerprint density at radius 2 is 1.79 bits per heavy atom. The van der Waals surface area contributed by atoms with Gasteiger partial charge in [0.1, 0.15) is 6.10 Å². The highest BCUT2D eigenvalue weighted by Gasteiger charge is 2.33. The quantitative estimate of drug-likeness (QED) is 0.783. The predicted molar refractivity (Wildman–Crippen MR) is 81.9 cm³/mol. The van der Waals surface area contributed by atoms with E-state index in [1.165, 1.54) is 4.90 Å². The molecule has 0 aromatic heterocycles. The second-order valence-corrected chi connectivity index (χ2v) is 5.76. The third-order valence-electron chi connectivity index (χ3n) is 4.13. The average molecular weight is 335 g/mol. The Morgan fingerprint density at radius 1 is 1.08 bits per heavy atom. The van der Waals surface area contributed by atoms with Gasteiger partial charge in [0.2, 0.25) is 0 Å². The van der Waals surface area contributed by atoms with Gasteiger partial charge in [0.25, 0.3) is 5.91 Å². The van der Waals surface area contributed by atoms with E-state index in [2.05, 4.69) is 0 Å². The van der Waals surface area contributed by atoms with Crippen LogP contribution in [-0.2, 0) is 4.74 Å². The van der Waals surface area contributed by atoms with E-state index in [1.54, 1.807) is 6.92 Å². The maximum atomic E-state index is 13.9. The zero-order valence-corrected chi connectivity index (χ0v) is 13.0. The summed E-state index contributed by atoms with van der Waals surface area (Å²) >= 11 is 0. The summed E-state index contributed by atoms with van der Waals surface area (Å²) in [5, 5.41) is 0. The first-order valence-electron chi connectivity index (χ1n) is 7.60. The summed E-state index contributed by atoms with van der Waals surface area (Å²) in [5.41, 5.74) is 0.419. The molecule has 6 heteroatoms. The van der Waals surface area contributed by atoms with Crippen LogP contribution in [0, 0.1) is 17.5 Å². The van der Waals surface area contributed by atoms with E-state index in [1.807, 2.05) is 30.3 Å². The molecule has 1 aliphatic rings. The Morgan fingerprint density at radius 3 is 2.50 bits per heavy atom. The molecule has 1 saturated heterocycles. The van der Waals surface area contributed by atoms with Gasteiger partial charge >= 0.3 is 0 Å². The summed E-state index contributed by atoms with van der Waals surface area (Å²) in [5.74, 6) is -5.10. The molecule has 1 aliphatic heterocycles. The molecule has 0 spiro atoms. The van der Waals surface area contributed by atoms with Gasteiger partial charge in [-0.15, -0.1) is 0 Å². The van der Waals surface area contributed by atoms with Crippen LogP contribution < -0.4 is 0 Å². The molecule has 24 heavy (non-hydrogen) atoms. The molecule has 0 N–H and O–H groups in total. The number of carbonyl (C=O) groups is 1. The van der Waals surface area contributed by atoms with Gasteiger partial charge < -0.3 is 9.64 Å². The van der Waals surface area contributed by atoms with Crippen LogP contribution in [0.2, 0.25) is 0 Å². The summed E-state index contributed by atoms with van der Waals surface area (Å²) in [6, 6.07) is 10.8. The summed E-state index contributed by atoms with van der Waals surface area (Å²) in [6.45, 7) is 2.25. The largest absolute Gasteiger partial charge is 0.370 e. The Bertz CT molecular complexity index is 751. The zero-order valence-electron chi connectivity index (χ0n) is 13.0. The van der Waals surface area contributed by atoms with Crippen LogP contribution in [0.25, 0.3) is 0 Å². The summed E-state index contributed by atoms with van der Waals surface area (Å²) < 4.78 is 46.1. The highest BCUT2D eigenvalue weighted by Crippen LogP contribution is 2.27. The molecule has 126 valence electrons. The molecule has 1 amide bonds. The second-order valence-electron chi connectivity index (χ2n) is 5.76. The van der Waals surface area contributed by atoms with Gasteiger partial charge in [-0.2, -0.15) is 0 Å². The highest BCUT2D eigenvalue weighted by atomic mass is 19.2. The summed E-state index contributed by atoms with van der Waals surface area (Å²) in [4.78, 5) is 14.0. The molecule has 2 unspecified atom stereocenters. The molecule has 2 aromatic carbocycles. The number of ether oxygens (including phenoxy) is 1. The van der Waals surface area contributed by atoms with Crippen molar-refractivity contribution in [3.63, 3.8) is 0 Å². The summed E-state index contributed by atoms with van der Waals surface area (Å²) in [7, 11) is 0. The maximum absolute atomic E-state index is 13.9. The number of rotatable bonds is 2. The van der Waals surface area contributed by atoms with Crippen molar-refractivity contribution >= 4 is 5.91 Å². The molecule has 2 atom stereocenters. The van der Waals surface area contributed by atoms with Gasteiger partial charge in [0, 0.05) is 0 Å². The topological polar surface area (TPSA) is 29.5 Å². The van der Waals surface area contributed by atoms with Gasteiger partial charge in [-0.05, 0) is 24.6 Å². The number of hydrogen-bond donors (Lipinski definition) is 0. The van der Waals surface area contributed by atoms with E-state index in [4.69, 9.17) is 4.74 Å². The van der Waals surface area contributed by atoms with E-state index in [9.17, 15) is 18.0 Å². The number of halogens is 3. The molecular formula is C18H16F3NO2. The number of morpholine rings is 1. The third-order valence-corrected chi connectivity index (χ3v) is 4.13. The first-order chi connectivity index (χ1) is 11.5. The van der Waals surface area contributed by atoms with Crippen molar-refractivity contribution in [1.82, 2.24) is 4.90 Å². The minimum Gasteiger partial charge on any atom is -0.370 e. The van der Waals surface area contributed by atoms with Crippen LogP contribution in [0.15, 0.2) is 42.5 Å². The van der Waals surface area contributed by atoms with Crippen LogP contribution in [-0.4, -0.2) is 30.0 Å². The first-order valence-corrected chi connectivity index (χ1v) is 7.60.